The standard InChI is InChI=1S/C18H19FN2O2/c1-2-12-3-5-13(6-4-12)16-8-7-14(9-17(16)19)21-11-15(10-20)23-18(21)22/h3-9,15H,2,10-11,20H2,1H3/t15-/m0/s1. The van der Waals surface area contributed by atoms with Gasteiger partial charge in [0.1, 0.15) is 11.9 Å². The fourth-order valence-corrected chi connectivity index (χ4v) is 2.68. The second-order valence-corrected chi connectivity index (χ2v) is 5.57. The van der Waals surface area contributed by atoms with Gasteiger partial charge in [-0.05, 0) is 35.7 Å². The molecule has 3 rings (SSSR count). The van der Waals surface area contributed by atoms with Crippen LogP contribution in [-0.4, -0.2) is 25.3 Å². The maximum atomic E-state index is 14.5. The fourth-order valence-electron chi connectivity index (χ4n) is 2.68. The molecule has 2 N–H and O–H groups in total. The van der Waals surface area contributed by atoms with Crippen LogP contribution in [0.15, 0.2) is 42.5 Å². The molecule has 23 heavy (non-hydrogen) atoms. The summed E-state index contributed by atoms with van der Waals surface area (Å²) in [5.74, 6) is -0.365. The monoisotopic (exact) mass is 314 g/mol. The molecule has 0 aliphatic carbocycles. The fraction of sp³-hybridized carbons (Fsp3) is 0.278. The third kappa shape index (κ3) is 3.05. The van der Waals surface area contributed by atoms with Gasteiger partial charge < -0.3 is 10.5 Å². The third-order valence-electron chi connectivity index (χ3n) is 4.07. The van der Waals surface area contributed by atoms with Crippen LogP contribution in [0.25, 0.3) is 11.1 Å². The molecule has 4 nitrogen and oxygen atoms in total. The number of nitrogens with two attached hydrogens (primary N) is 1. The van der Waals surface area contributed by atoms with Crippen LogP contribution in [0.1, 0.15) is 12.5 Å². The van der Waals surface area contributed by atoms with Crippen molar-refractivity contribution in [1.29, 1.82) is 0 Å². The molecule has 1 amide bonds. The minimum Gasteiger partial charge on any atom is -0.443 e. The molecule has 1 aliphatic rings. The van der Waals surface area contributed by atoms with Gasteiger partial charge in [0, 0.05) is 12.1 Å². The first kappa shape index (κ1) is 15.5. The van der Waals surface area contributed by atoms with Crippen LogP contribution in [0.4, 0.5) is 14.9 Å². The first-order valence-corrected chi connectivity index (χ1v) is 7.69. The molecule has 1 saturated heterocycles. The Balaban J connectivity index is 1.87. The van der Waals surface area contributed by atoms with E-state index in [0.29, 0.717) is 17.8 Å². The second kappa shape index (κ2) is 6.38. The van der Waals surface area contributed by atoms with Crippen LogP contribution in [0.2, 0.25) is 0 Å². The predicted molar refractivity (Wildman–Crippen MR) is 87.9 cm³/mol. The number of anilines is 1. The van der Waals surface area contributed by atoms with Crippen molar-refractivity contribution in [3.8, 4) is 11.1 Å². The molecular formula is C18H19FN2O2. The van der Waals surface area contributed by atoms with E-state index < -0.39 is 6.09 Å². The molecule has 0 unspecified atom stereocenters. The average molecular weight is 314 g/mol. The van der Waals surface area contributed by atoms with Crippen molar-refractivity contribution in [3.05, 3.63) is 53.8 Å². The van der Waals surface area contributed by atoms with Gasteiger partial charge in [-0.2, -0.15) is 0 Å². The average Bonchev–Trinajstić information content (AvgIpc) is 2.96. The normalized spacial score (nSPS) is 17.4. The van der Waals surface area contributed by atoms with Crippen molar-refractivity contribution < 1.29 is 13.9 Å². The largest absolute Gasteiger partial charge is 0.443 e. The molecule has 0 saturated carbocycles. The van der Waals surface area contributed by atoms with E-state index in [4.69, 9.17) is 10.5 Å². The lowest BCUT2D eigenvalue weighted by Crippen LogP contribution is -2.27. The Labute approximate surface area is 134 Å². The van der Waals surface area contributed by atoms with Crippen molar-refractivity contribution in [3.63, 3.8) is 0 Å². The molecule has 2 aromatic rings. The summed E-state index contributed by atoms with van der Waals surface area (Å²) in [6.45, 7) is 2.68. The van der Waals surface area contributed by atoms with E-state index in [2.05, 4.69) is 6.92 Å². The molecule has 120 valence electrons. The number of carbonyl (C=O) groups excluding carboxylic acids is 1. The van der Waals surface area contributed by atoms with E-state index in [-0.39, 0.29) is 18.5 Å². The highest BCUT2D eigenvalue weighted by Gasteiger charge is 2.31. The van der Waals surface area contributed by atoms with Gasteiger partial charge in [-0.1, -0.05) is 31.2 Å². The smallest absolute Gasteiger partial charge is 0.414 e. The Bertz CT molecular complexity index is 715. The van der Waals surface area contributed by atoms with Gasteiger partial charge in [-0.25, -0.2) is 9.18 Å². The second-order valence-electron chi connectivity index (χ2n) is 5.57. The molecule has 1 heterocycles. The third-order valence-corrected chi connectivity index (χ3v) is 4.07. The number of carbonyl (C=O) groups is 1. The first-order valence-electron chi connectivity index (χ1n) is 7.69. The Morgan fingerprint density at radius 3 is 2.57 bits per heavy atom. The highest BCUT2D eigenvalue weighted by molar-refractivity contribution is 5.90. The molecule has 0 bridgehead atoms. The number of benzene rings is 2. The predicted octanol–water partition coefficient (Wildman–Crippen LogP) is 3.34. The molecule has 0 radical (unpaired) electrons. The maximum absolute atomic E-state index is 14.5. The quantitative estimate of drug-likeness (QED) is 0.941. The minimum absolute atomic E-state index is 0.257. The van der Waals surface area contributed by atoms with Gasteiger partial charge in [0.15, 0.2) is 0 Å². The van der Waals surface area contributed by atoms with E-state index >= 15 is 0 Å². The lowest BCUT2D eigenvalue weighted by Gasteiger charge is -2.14. The molecule has 1 aliphatic heterocycles. The van der Waals surface area contributed by atoms with Crippen molar-refractivity contribution in [2.45, 2.75) is 19.4 Å². The summed E-state index contributed by atoms with van der Waals surface area (Å²) in [7, 11) is 0. The molecule has 1 fully saturated rings. The van der Waals surface area contributed by atoms with Crippen LogP contribution in [0, 0.1) is 5.82 Å². The SMILES string of the molecule is CCc1ccc(-c2ccc(N3C[C@H](CN)OC3=O)cc2F)cc1. The number of aryl methyl sites for hydroxylation is 1. The van der Waals surface area contributed by atoms with Crippen molar-refractivity contribution in [2.75, 3.05) is 18.0 Å². The molecule has 5 heteroatoms. The lowest BCUT2D eigenvalue weighted by atomic mass is 10.0. The summed E-state index contributed by atoms with van der Waals surface area (Å²) < 4.78 is 19.6. The van der Waals surface area contributed by atoms with Gasteiger partial charge in [0.2, 0.25) is 0 Å². The highest BCUT2D eigenvalue weighted by atomic mass is 19.1. The number of hydrogen-bond acceptors (Lipinski definition) is 3. The summed E-state index contributed by atoms with van der Waals surface area (Å²) in [6.07, 6.45) is 0.118. The van der Waals surface area contributed by atoms with E-state index in [1.54, 1.807) is 12.1 Å². The van der Waals surface area contributed by atoms with Gasteiger partial charge >= 0.3 is 6.09 Å². The van der Waals surface area contributed by atoms with Gasteiger partial charge in [0.05, 0.1) is 12.2 Å². The lowest BCUT2D eigenvalue weighted by molar-refractivity contribution is 0.145. The van der Waals surface area contributed by atoms with Gasteiger partial charge in [0.25, 0.3) is 0 Å². The van der Waals surface area contributed by atoms with Crippen LogP contribution in [0.5, 0.6) is 0 Å². The molecular weight excluding hydrogens is 295 g/mol. The first-order chi connectivity index (χ1) is 11.1. The molecule has 0 aromatic heterocycles. The number of nitrogens with zero attached hydrogens (tertiary/aromatic N) is 1. The van der Waals surface area contributed by atoms with E-state index in [1.807, 2.05) is 24.3 Å². The maximum Gasteiger partial charge on any atom is 0.414 e. The van der Waals surface area contributed by atoms with Crippen LogP contribution < -0.4 is 10.6 Å². The highest BCUT2D eigenvalue weighted by Crippen LogP contribution is 2.29. The zero-order chi connectivity index (χ0) is 16.4. The Hall–Kier alpha value is -2.40. The van der Waals surface area contributed by atoms with E-state index in [0.717, 1.165) is 12.0 Å². The number of rotatable bonds is 4. The molecule has 0 spiro atoms. The summed E-state index contributed by atoms with van der Waals surface area (Å²) >= 11 is 0. The summed E-state index contributed by atoms with van der Waals surface area (Å²) in [5.41, 5.74) is 8.53. The molecule has 2 aromatic carbocycles. The number of ether oxygens (including phenoxy) is 1. The summed E-state index contributed by atoms with van der Waals surface area (Å²) in [6, 6.07) is 12.6. The van der Waals surface area contributed by atoms with Crippen LogP contribution >= 0.6 is 0 Å². The number of amides is 1. The van der Waals surface area contributed by atoms with Crippen LogP contribution in [-0.2, 0) is 11.2 Å². The van der Waals surface area contributed by atoms with Crippen molar-refractivity contribution in [2.24, 2.45) is 5.73 Å². The summed E-state index contributed by atoms with van der Waals surface area (Å²) in [4.78, 5) is 13.2. The number of halogens is 1. The summed E-state index contributed by atoms with van der Waals surface area (Å²) in [5, 5.41) is 0. The zero-order valence-corrected chi connectivity index (χ0v) is 13.0. The zero-order valence-electron chi connectivity index (χ0n) is 13.0. The van der Waals surface area contributed by atoms with E-state index in [1.165, 1.54) is 16.5 Å². The van der Waals surface area contributed by atoms with Crippen molar-refractivity contribution in [1.82, 2.24) is 0 Å². The Morgan fingerprint density at radius 1 is 1.26 bits per heavy atom. The number of cyclic esters (lactones) is 1. The van der Waals surface area contributed by atoms with Crippen LogP contribution in [0.3, 0.4) is 0 Å². The van der Waals surface area contributed by atoms with E-state index in [9.17, 15) is 9.18 Å². The molecule has 1 atom stereocenters. The van der Waals surface area contributed by atoms with Crippen molar-refractivity contribution >= 4 is 11.8 Å². The van der Waals surface area contributed by atoms with Gasteiger partial charge in [-0.3, -0.25) is 4.90 Å². The topological polar surface area (TPSA) is 55.6 Å². The number of hydrogen-bond donors (Lipinski definition) is 1. The Kier molecular flexibility index (Phi) is 4.30. The Morgan fingerprint density at radius 2 is 2.00 bits per heavy atom. The van der Waals surface area contributed by atoms with Gasteiger partial charge in [-0.15, -0.1) is 0 Å². The minimum atomic E-state index is -0.486.